The molecule has 5 rings (SSSR count). The fraction of sp³-hybridized carbons (Fsp3) is 0.174. The molecule has 0 saturated heterocycles. The molecule has 0 bridgehead atoms. The van der Waals surface area contributed by atoms with Gasteiger partial charge < -0.3 is 14.2 Å². The van der Waals surface area contributed by atoms with Crippen LogP contribution in [0.2, 0.25) is 0 Å². The van der Waals surface area contributed by atoms with Crippen LogP contribution < -0.4 is 29.4 Å². The third-order valence-corrected chi connectivity index (χ3v) is 8.08. The van der Waals surface area contributed by atoms with Gasteiger partial charge in [-0.25, -0.2) is 0 Å². The molecule has 32 heavy (non-hydrogen) atoms. The zero-order valence-corrected chi connectivity index (χ0v) is 19.6. The van der Waals surface area contributed by atoms with Gasteiger partial charge in [-0.3, -0.25) is 9.59 Å². The third kappa shape index (κ3) is 3.08. The molecule has 0 radical (unpaired) electrons. The Morgan fingerprint density at radius 2 is 1.78 bits per heavy atom. The minimum atomic E-state index is -0.234. The van der Waals surface area contributed by atoms with Gasteiger partial charge in [0.2, 0.25) is 0 Å². The molecule has 3 aromatic rings. The van der Waals surface area contributed by atoms with Gasteiger partial charge in [0.1, 0.15) is 20.0 Å². The molecule has 9 heteroatoms. The number of anilines is 2. The van der Waals surface area contributed by atoms with Crippen LogP contribution >= 0.6 is 23.1 Å². The zero-order chi connectivity index (χ0) is 22.6. The Balaban J connectivity index is 1.67. The van der Waals surface area contributed by atoms with Gasteiger partial charge in [0, 0.05) is 25.1 Å². The summed E-state index contributed by atoms with van der Waals surface area (Å²) in [6.07, 6.45) is 0. The first kappa shape index (κ1) is 20.6. The highest BCUT2D eigenvalue weighted by atomic mass is 32.2. The van der Waals surface area contributed by atoms with Crippen molar-refractivity contribution >= 4 is 56.7 Å². The first-order valence-corrected chi connectivity index (χ1v) is 11.5. The van der Waals surface area contributed by atoms with Gasteiger partial charge >= 0.3 is 0 Å². The van der Waals surface area contributed by atoms with E-state index in [9.17, 15) is 9.59 Å². The van der Waals surface area contributed by atoms with Gasteiger partial charge in [-0.1, -0.05) is 30.0 Å². The summed E-state index contributed by atoms with van der Waals surface area (Å²) in [5.74, 6) is 0.528. The van der Waals surface area contributed by atoms with E-state index in [1.807, 2.05) is 60.5 Å². The molecule has 0 aliphatic carbocycles. The Hall–Kier alpha value is -3.30. The summed E-state index contributed by atoms with van der Waals surface area (Å²) in [5.41, 5.74) is 2.59. The van der Waals surface area contributed by atoms with Crippen molar-refractivity contribution in [2.45, 2.75) is 11.8 Å². The molecule has 0 N–H and O–H groups in total. The van der Waals surface area contributed by atoms with E-state index in [0.29, 0.717) is 26.2 Å². The van der Waals surface area contributed by atoms with Crippen molar-refractivity contribution in [2.75, 3.05) is 24.1 Å². The second-order valence-electron chi connectivity index (χ2n) is 7.41. The summed E-state index contributed by atoms with van der Waals surface area (Å²) in [6, 6.07) is 15.1. The molecule has 1 amide bonds. The first-order chi connectivity index (χ1) is 15.4. The summed E-state index contributed by atoms with van der Waals surface area (Å²) >= 11 is 2.87. The van der Waals surface area contributed by atoms with Crippen LogP contribution in [0.15, 0.2) is 63.3 Å². The largest absolute Gasteiger partial charge is 0.497 e. The Kier molecular flexibility index (Phi) is 4.94. The number of aromatic nitrogens is 1. The Morgan fingerprint density at radius 1 is 1.03 bits per heavy atom. The van der Waals surface area contributed by atoms with Gasteiger partial charge in [-0.15, -0.1) is 11.3 Å². The molecule has 0 fully saturated rings. The van der Waals surface area contributed by atoms with Gasteiger partial charge in [0.05, 0.1) is 29.8 Å². The highest BCUT2D eigenvalue weighted by Crippen LogP contribution is 2.46. The molecule has 1 aromatic heterocycles. The summed E-state index contributed by atoms with van der Waals surface area (Å²) in [6.45, 7) is 1.80. The average Bonchev–Trinajstić information content (AvgIpc) is 3.40. The van der Waals surface area contributed by atoms with Crippen molar-refractivity contribution in [3.8, 4) is 5.75 Å². The monoisotopic (exact) mass is 464 g/mol. The van der Waals surface area contributed by atoms with E-state index >= 15 is 0 Å². The Morgan fingerprint density at radius 3 is 2.50 bits per heavy atom. The number of methoxy groups -OCH3 is 1. The minimum Gasteiger partial charge on any atom is -0.497 e. The van der Waals surface area contributed by atoms with E-state index < -0.39 is 0 Å². The number of amides is 1. The summed E-state index contributed by atoms with van der Waals surface area (Å²) in [7, 11) is 5.27. The van der Waals surface area contributed by atoms with E-state index in [2.05, 4.69) is 5.10 Å². The maximum atomic E-state index is 13.3. The lowest BCUT2D eigenvalue weighted by molar-refractivity contribution is -0.112. The summed E-state index contributed by atoms with van der Waals surface area (Å²) in [4.78, 5) is 29.5. The lowest BCUT2D eigenvalue weighted by atomic mass is 10.2. The number of para-hydroxylation sites is 1. The van der Waals surface area contributed by atoms with Gasteiger partial charge in [-0.2, -0.15) is 10.1 Å². The lowest BCUT2D eigenvalue weighted by Crippen LogP contribution is -2.33. The maximum Gasteiger partial charge on any atom is 0.283 e. The highest BCUT2D eigenvalue weighted by molar-refractivity contribution is 8.08. The molecule has 0 atom stereocenters. The normalized spacial score (nSPS) is 18.9. The van der Waals surface area contributed by atoms with E-state index in [1.165, 1.54) is 16.3 Å². The van der Waals surface area contributed by atoms with Gasteiger partial charge in [0.25, 0.3) is 11.5 Å². The van der Waals surface area contributed by atoms with Crippen LogP contribution in [-0.4, -0.2) is 30.3 Å². The highest BCUT2D eigenvalue weighted by Gasteiger charge is 2.32. The van der Waals surface area contributed by atoms with Crippen LogP contribution in [0.3, 0.4) is 0 Å². The van der Waals surface area contributed by atoms with Crippen LogP contribution in [0, 0.1) is 0 Å². The molecule has 0 saturated carbocycles. The fourth-order valence-electron chi connectivity index (χ4n) is 3.76. The third-order valence-electron chi connectivity index (χ3n) is 5.47. The topological polar surface area (TPSA) is 67.1 Å². The molecule has 0 unspecified atom stereocenters. The van der Waals surface area contributed by atoms with E-state index in [4.69, 9.17) is 4.74 Å². The first-order valence-electron chi connectivity index (χ1n) is 9.90. The molecule has 162 valence electrons. The van der Waals surface area contributed by atoms with Crippen molar-refractivity contribution in [1.82, 2.24) is 4.57 Å². The predicted octanol–water partition coefficient (Wildman–Crippen LogP) is 2.34. The Bertz CT molecular complexity index is 1470. The van der Waals surface area contributed by atoms with Crippen molar-refractivity contribution in [3.05, 3.63) is 68.1 Å². The minimum absolute atomic E-state index is 0.134. The van der Waals surface area contributed by atoms with E-state index in [1.54, 1.807) is 37.4 Å². The van der Waals surface area contributed by atoms with Crippen LogP contribution in [0.4, 0.5) is 11.4 Å². The number of hydrogen-bond donors (Lipinski definition) is 0. The molecular weight excluding hydrogens is 444 g/mol. The number of carbonyl (C=O) groups excluding carboxylic acids is 1. The number of fused-ring (bicyclic) bond motifs is 1. The second-order valence-corrected chi connectivity index (χ2v) is 9.44. The van der Waals surface area contributed by atoms with Gasteiger partial charge in [0.15, 0.2) is 0 Å². The number of hydrazone groups is 1. The molecule has 2 aromatic carbocycles. The number of ether oxygens (including phenoxy) is 1. The smallest absolute Gasteiger partial charge is 0.283 e. The number of rotatable bonds is 2. The second kappa shape index (κ2) is 7.68. The van der Waals surface area contributed by atoms with Crippen LogP contribution in [0.5, 0.6) is 5.75 Å². The van der Waals surface area contributed by atoms with Crippen LogP contribution in [0.1, 0.15) is 6.92 Å². The molecule has 7 nitrogen and oxygen atoms in total. The van der Waals surface area contributed by atoms with Crippen molar-refractivity contribution < 1.29 is 9.53 Å². The molecular formula is C23H20N4O3S2. The number of hydrogen-bond acceptors (Lipinski definition) is 7. The summed E-state index contributed by atoms with van der Waals surface area (Å²) in [5, 5.41) is 6.69. The standard InChI is InChI=1S/C23H20N4O3S2/c1-13-18(20(28)27(24-13)14-8-6-5-7-9-14)22-26(3)21(29)19(32-22)23-25(2)16-12-15(30-4)10-11-17(16)31-23/h5-12H,1-4H3/b22-18-,23-19-. The lowest BCUT2D eigenvalue weighted by Gasteiger charge is -2.13. The van der Waals surface area contributed by atoms with Crippen LogP contribution in [-0.2, 0) is 11.8 Å². The van der Waals surface area contributed by atoms with Gasteiger partial charge in [-0.05, 0) is 31.2 Å². The number of nitrogens with zero attached hydrogens (tertiary/aromatic N) is 4. The molecule has 2 aliphatic heterocycles. The Labute approximate surface area is 192 Å². The van der Waals surface area contributed by atoms with Crippen molar-refractivity contribution in [1.29, 1.82) is 0 Å². The zero-order valence-electron chi connectivity index (χ0n) is 17.9. The predicted molar refractivity (Wildman–Crippen MR) is 130 cm³/mol. The molecule has 0 spiro atoms. The molecule has 2 aliphatic rings. The number of thioether (sulfide) groups is 1. The van der Waals surface area contributed by atoms with E-state index in [-0.39, 0.29) is 11.5 Å². The SMILES string of the molecule is COc1ccc2c(c1)N(C)/C(=c1/s/c(=C3\C(=O)N(c4ccccc4)N=C3C)n(C)c1=O)S2. The quantitative estimate of drug-likeness (QED) is 0.583. The maximum absolute atomic E-state index is 13.3. The van der Waals surface area contributed by atoms with Crippen molar-refractivity contribution in [2.24, 2.45) is 12.1 Å². The van der Waals surface area contributed by atoms with E-state index in [0.717, 1.165) is 21.4 Å². The number of thiazole rings is 1. The average molecular weight is 465 g/mol. The number of carbonyl (C=O) groups is 1. The molecule has 3 heterocycles. The van der Waals surface area contributed by atoms with Crippen molar-refractivity contribution in [3.63, 3.8) is 0 Å². The number of benzene rings is 2. The fourth-order valence-corrected chi connectivity index (χ4v) is 6.27. The van der Waals surface area contributed by atoms with Crippen LogP contribution in [0.25, 0.3) is 10.6 Å². The summed E-state index contributed by atoms with van der Waals surface area (Å²) < 4.78 is 8.09.